The van der Waals surface area contributed by atoms with Crippen molar-refractivity contribution in [1.82, 2.24) is 4.31 Å². The molecule has 0 spiro atoms. The molecule has 0 aliphatic carbocycles. The lowest BCUT2D eigenvalue weighted by atomic mass is 10.3. The van der Waals surface area contributed by atoms with Gasteiger partial charge < -0.3 is 9.15 Å². The van der Waals surface area contributed by atoms with Crippen LogP contribution < -0.4 is 0 Å². The second kappa shape index (κ2) is 7.13. The van der Waals surface area contributed by atoms with E-state index < -0.39 is 14.9 Å². The summed E-state index contributed by atoms with van der Waals surface area (Å²) in [6.45, 7) is 1.44. The van der Waals surface area contributed by atoms with Crippen LogP contribution in [0.4, 0.5) is 11.6 Å². The number of sulfonamides is 1. The van der Waals surface area contributed by atoms with Crippen LogP contribution in [0.2, 0.25) is 0 Å². The van der Waals surface area contributed by atoms with Gasteiger partial charge in [-0.1, -0.05) is 0 Å². The van der Waals surface area contributed by atoms with Crippen molar-refractivity contribution in [3.8, 4) is 0 Å². The van der Waals surface area contributed by atoms with E-state index in [9.17, 15) is 18.5 Å². The maximum absolute atomic E-state index is 12.5. The summed E-state index contributed by atoms with van der Waals surface area (Å²) in [6, 6.07) is 8.73. The number of hydrogen-bond acceptors (Lipinski definition) is 7. The van der Waals surface area contributed by atoms with Crippen molar-refractivity contribution in [3.05, 3.63) is 52.3 Å². The molecule has 0 saturated carbocycles. The molecule has 1 aliphatic rings. The fourth-order valence-electron chi connectivity index (χ4n) is 2.29. The number of morpholine rings is 1. The molecule has 25 heavy (non-hydrogen) atoms. The van der Waals surface area contributed by atoms with Crippen LogP contribution in [-0.4, -0.2) is 50.2 Å². The van der Waals surface area contributed by atoms with Gasteiger partial charge in [0, 0.05) is 13.1 Å². The molecule has 1 aromatic heterocycles. The van der Waals surface area contributed by atoms with Crippen LogP contribution in [0.15, 0.2) is 50.7 Å². The molecule has 1 saturated heterocycles. The maximum Gasteiger partial charge on any atom is 0.433 e. The van der Waals surface area contributed by atoms with Gasteiger partial charge in [0.2, 0.25) is 10.0 Å². The summed E-state index contributed by atoms with van der Waals surface area (Å²) in [5.41, 5.74) is 0.500. The zero-order valence-corrected chi connectivity index (χ0v) is 13.9. The molecule has 0 atom stereocenters. The lowest BCUT2D eigenvalue weighted by Gasteiger charge is -2.26. The highest BCUT2D eigenvalue weighted by Gasteiger charge is 2.26. The molecule has 3 rings (SSSR count). The molecule has 1 fully saturated rings. The molecule has 0 N–H and O–H groups in total. The number of furan rings is 1. The van der Waals surface area contributed by atoms with Gasteiger partial charge in [-0.05, 0) is 30.3 Å². The van der Waals surface area contributed by atoms with Gasteiger partial charge in [-0.2, -0.15) is 4.31 Å². The highest BCUT2D eigenvalue weighted by Crippen LogP contribution is 2.21. The summed E-state index contributed by atoms with van der Waals surface area (Å²) in [4.78, 5) is 14.2. The lowest BCUT2D eigenvalue weighted by Crippen LogP contribution is -2.40. The first-order valence-electron chi connectivity index (χ1n) is 7.43. The Bertz CT molecular complexity index is 882. The van der Waals surface area contributed by atoms with Crippen molar-refractivity contribution >= 4 is 27.8 Å². The fourth-order valence-corrected chi connectivity index (χ4v) is 3.70. The monoisotopic (exact) mass is 365 g/mol. The Labute approximate surface area is 143 Å². The first kappa shape index (κ1) is 17.3. The minimum atomic E-state index is -3.54. The van der Waals surface area contributed by atoms with Crippen molar-refractivity contribution in [2.75, 3.05) is 26.3 Å². The van der Waals surface area contributed by atoms with E-state index in [0.29, 0.717) is 32.0 Å². The van der Waals surface area contributed by atoms with Crippen LogP contribution in [0.1, 0.15) is 5.76 Å². The van der Waals surface area contributed by atoms with Crippen LogP contribution in [0, 0.1) is 10.1 Å². The summed E-state index contributed by atoms with van der Waals surface area (Å²) >= 11 is 0. The van der Waals surface area contributed by atoms with E-state index in [1.54, 1.807) is 12.1 Å². The predicted octanol–water partition coefficient (Wildman–Crippen LogP) is 1.96. The Hall–Kier alpha value is -2.56. The zero-order valence-electron chi connectivity index (χ0n) is 13.1. The smallest absolute Gasteiger partial charge is 0.400 e. The summed E-state index contributed by atoms with van der Waals surface area (Å²) < 4.78 is 36.5. The van der Waals surface area contributed by atoms with Crippen molar-refractivity contribution in [2.45, 2.75) is 4.90 Å². The Balaban J connectivity index is 1.73. The van der Waals surface area contributed by atoms with Gasteiger partial charge in [0.1, 0.15) is 4.92 Å². The highest BCUT2D eigenvalue weighted by atomic mass is 32.2. The van der Waals surface area contributed by atoms with Gasteiger partial charge in [-0.25, -0.2) is 8.42 Å². The molecule has 2 heterocycles. The molecule has 132 valence electrons. The van der Waals surface area contributed by atoms with E-state index in [0.717, 1.165) is 0 Å². The molecule has 1 aliphatic heterocycles. The van der Waals surface area contributed by atoms with Gasteiger partial charge in [0.25, 0.3) is 0 Å². The normalized spacial score (nSPS) is 16.3. The predicted molar refractivity (Wildman–Crippen MR) is 88.6 cm³/mol. The van der Waals surface area contributed by atoms with E-state index in [-0.39, 0.29) is 16.5 Å². The molecular formula is C15H15N3O6S. The SMILES string of the molecule is O=[N+]([O-])c1ccc(C=Nc2ccc(S(=O)(=O)N3CCOCC3)cc2)o1. The number of ether oxygens (including phenoxy) is 1. The van der Waals surface area contributed by atoms with Crippen LogP contribution in [0.5, 0.6) is 0 Å². The Morgan fingerprint density at radius 1 is 1.12 bits per heavy atom. The first-order chi connectivity index (χ1) is 12.0. The standard InChI is InChI=1S/C15H15N3O6S/c19-18(20)15-6-3-13(24-15)11-16-12-1-4-14(5-2-12)25(21,22)17-7-9-23-10-8-17/h1-6,11H,7-10H2. The summed E-state index contributed by atoms with van der Waals surface area (Å²) in [5, 5.41) is 10.5. The highest BCUT2D eigenvalue weighted by molar-refractivity contribution is 7.89. The zero-order chi connectivity index (χ0) is 17.9. The maximum atomic E-state index is 12.5. The third-order valence-corrected chi connectivity index (χ3v) is 5.49. The number of rotatable bonds is 5. The van der Waals surface area contributed by atoms with Gasteiger partial charge in [-0.15, -0.1) is 0 Å². The van der Waals surface area contributed by atoms with Crippen LogP contribution in [0.3, 0.4) is 0 Å². The summed E-state index contributed by atoms with van der Waals surface area (Å²) in [6.07, 6.45) is 1.33. The third-order valence-electron chi connectivity index (χ3n) is 3.58. The Morgan fingerprint density at radius 3 is 2.40 bits per heavy atom. The van der Waals surface area contributed by atoms with E-state index >= 15 is 0 Å². The van der Waals surface area contributed by atoms with Crippen molar-refractivity contribution < 1.29 is 22.5 Å². The molecular weight excluding hydrogens is 350 g/mol. The van der Waals surface area contributed by atoms with Gasteiger partial charge in [0.15, 0.2) is 5.76 Å². The Morgan fingerprint density at radius 2 is 1.80 bits per heavy atom. The number of nitrogens with zero attached hydrogens (tertiary/aromatic N) is 3. The lowest BCUT2D eigenvalue weighted by molar-refractivity contribution is -0.402. The molecule has 0 radical (unpaired) electrons. The minimum absolute atomic E-state index is 0.182. The Kier molecular flexibility index (Phi) is 4.93. The van der Waals surface area contributed by atoms with Gasteiger partial charge in [0.05, 0.1) is 36.1 Å². The number of hydrogen-bond donors (Lipinski definition) is 0. The van der Waals surface area contributed by atoms with E-state index in [1.807, 2.05) is 0 Å². The van der Waals surface area contributed by atoms with E-state index in [2.05, 4.69) is 4.99 Å². The molecule has 9 nitrogen and oxygen atoms in total. The quantitative estimate of drug-likeness (QED) is 0.454. The van der Waals surface area contributed by atoms with Gasteiger partial charge >= 0.3 is 5.88 Å². The number of aliphatic imine (C=N–C) groups is 1. The molecule has 0 unspecified atom stereocenters. The average molecular weight is 365 g/mol. The summed E-state index contributed by atoms with van der Waals surface area (Å²) in [7, 11) is -3.54. The van der Waals surface area contributed by atoms with Crippen LogP contribution >= 0.6 is 0 Å². The van der Waals surface area contributed by atoms with Crippen LogP contribution in [0.25, 0.3) is 0 Å². The second-order valence-corrected chi connectivity index (χ2v) is 7.14. The molecule has 0 amide bonds. The second-order valence-electron chi connectivity index (χ2n) is 5.20. The molecule has 1 aromatic carbocycles. The molecule has 2 aromatic rings. The van der Waals surface area contributed by atoms with Crippen molar-refractivity contribution in [2.24, 2.45) is 4.99 Å². The summed E-state index contributed by atoms with van der Waals surface area (Å²) in [5.74, 6) is -0.134. The van der Waals surface area contributed by atoms with Crippen molar-refractivity contribution in [1.29, 1.82) is 0 Å². The molecule has 0 bridgehead atoms. The van der Waals surface area contributed by atoms with E-state index in [1.165, 1.54) is 34.8 Å². The van der Waals surface area contributed by atoms with Crippen LogP contribution in [-0.2, 0) is 14.8 Å². The number of nitro groups is 1. The van der Waals surface area contributed by atoms with Crippen molar-refractivity contribution in [3.63, 3.8) is 0 Å². The van der Waals surface area contributed by atoms with E-state index in [4.69, 9.17) is 9.15 Å². The van der Waals surface area contributed by atoms with Gasteiger partial charge in [-0.3, -0.25) is 15.1 Å². The average Bonchev–Trinajstić information content (AvgIpc) is 3.10. The number of benzene rings is 1. The third kappa shape index (κ3) is 3.92. The minimum Gasteiger partial charge on any atom is -0.400 e. The first-order valence-corrected chi connectivity index (χ1v) is 8.87. The molecule has 10 heteroatoms. The topological polar surface area (TPSA) is 115 Å². The fraction of sp³-hybridized carbons (Fsp3) is 0.267. The largest absolute Gasteiger partial charge is 0.433 e.